The molecule has 1 aromatic rings. The predicted octanol–water partition coefficient (Wildman–Crippen LogP) is 3.17. The lowest BCUT2D eigenvalue weighted by molar-refractivity contribution is -0.123. The normalized spacial score (nSPS) is 25.0. The molecule has 2 saturated carbocycles. The van der Waals surface area contributed by atoms with Crippen LogP contribution in [-0.2, 0) is 11.3 Å². The summed E-state index contributed by atoms with van der Waals surface area (Å²) >= 11 is 5.29. The second-order valence-corrected chi connectivity index (χ2v) is 8.06. The standard InChI is InChI=1S/C17H26N4OS/c1-10(2)9-12-13(17(12,3)4)15(22)18-7-8-21-14(11-5-6-11)19-20-16(21)23/h9,11-13H,5-8H2,1-4H3,(H,18,22)(H,20,23)/t12-,13+/m0/s1. The molecule has 0 bridgehead atoms. The highest BCUT2D eigenvalue weighted by molar-refractivity contribution is 7.71. The minimum absolute atomic E-state index is 0.0620. The molecule has 0 unspecified atom stereocenters. The predicted molar refractivity (Wildman–Crippen MR) is 92.6 cm³/mol. The first kappa shape index (κ1) is 16.4. The molecular weight excluding hydrogens is 308 g/mol. The molecule has 1 amide bonds. The summed E-state index contributed by atoms with van der Waals surface area (Å²) < 4.78 is 2.68. The van der Waals surface area contributed by atoms with Crippen molar-refractivity contribution in [1.29, 1.82) is 0 Å². The molecule has 2 N–H and O–H groups in total. The molecule has 0 spiro atoms. The SMILES string of the molecule is CC(C)=C[C@H]1[C@H](C(=O)NCCn2c(C3CC3)n[nH]c2=S)C1(C)C. The third kappa shape index (κ3) is 3.27. The van der Waals surface area contributed by atoms with Crippen molar-refractivity contribution in [1.82, 2.24) is 20.1 Å². The number of carbonyl (C=O) groups is 1. The van der Waals surface area contributed by atoms with Gasteiger partial charge in [-0.05, 0) is 50.2 Å². The van der Waals surface area contributed by atoms with Crippen LogP contribution in [0.5, 0.6) is 0 Å². The van der Waals surface area contributed by atoms with Crippen molar-refractivity contribution in [2.45, 2.75) is 53.0 Å². The van der Waals surface area contributed by atoms with Gasteiger partial charge in [0.05, 0.1) is 5.92 Å². The number of amides is 1. The first-order chi connectivity index (χ1) is 10.8. The smallest absolute Gasteiger partial charge is 0.224 e. The largest absolute Gasteiger partial charge is 0.354 e. The zero-order valence-electron chi connectivity index (χ0n) is 14.3. The monoisotopic (exact) mass is 334 g/mol. The molecule has 1 aromatic heterocycles. The van der Waals surface area contributed by atoms with E-state index in [9.17, 15) is 4.79 Å². The van der Waals surface area contributed by atoms with Gasteiger partial charge in [0.1, 0.15) is 5.82 Å². The maximum atomic E-state index is 12.5. The van der Waals surface area contributed by atoms with Gasteiger partial charge >= 0.3 is 0 Å². The first-order valence-electron chi connectivity index (χ1n) is 8.40. The topological polar surface area (TPSA) is 62.7 Å². The van der Waals surface area contributed by atoms with Crippen LogP contribution in [0.4, 0.5) is 0 Å². The summed E-state index contributed by atoms with van der Waals surface area (Å²) in [5, 5.41) is 10.3. The number of nitrogens with zero attached hydrogens (tertiary/aromatic N) is 2. The highest BCUT2D eigenvalue weighted by atomic mass is 32.1. The molecular formula is C17H26N4OS. The van der Waals surface area contributed by atoms with E-state index in [0.29, 0.717) is 29.7 Å². The van der Waals surface area contributed by atoms with Gasteiger partial charge in [-0.3, -0.25) is 9.89 Å². The summed E-state index contributed by atoms with van der Waals surface area (Å²) in [6.45, 7) is 9.79. The van der Waals surface area contributed by atoms with Crippen LogP contribution < -0.4 is 5.32 Å². The molecule has 23 heavy (non-hydrogen) atoms. The Bertz CT molecular complexity index is 692. The lowest BCUT2D eigenvalue weighted by atomic mass is 10.1. The third-order valence-corrected chi connectivity index (χ3v) is 5.38. The van der Waals surface area contributed by atoms with E-state index in [1.54, 1.807) is 0 Å². The Morgan fingerprint density at radius 1 is 1.48 bits per heavy atom. The van der Waals surface area contributed by atoms with Crippen LogP contribution in [0.3, 0.4) is 0 Å². The lowest BCUT2D eigenvalue weighted by Crippen LogP contribution is -2.30. The van der Waals surface area contributed by atoms with Gasteiger partial charge in [0.25, 0.3) is 0 Å². The van der Waals surface area contributed by atoms with E-state index < -0.39 is 0 Å². The molecule has 1 heterocycles. The molecule has 126 valence electrons. The second kappa shape index (κ2) is 5.89. The van der Waals surface area contributed by atoms with Gasteiger partial charge in [0.15, 0.2) is 4.77 Å². The van der Waals surface area contributed by atoms with Gasteiger partial charge in [-0.15, -0.1) is 0 Å². The molecule has 5 nitrogen and oxygen atoms in total. The summed E-state index contributed by atoms with van der Waals surface area (Å²) in [5.41, 5.74) is 1.34. The molecule has 0 aromatic carbocycles. The van der Waals surface area contributed by atoms with E-state index in [1.807, 2.05) is 4.57 Å². The number of allylic oxidation sites excluding steroid dienone is 2. The molecule has 2 atom stereocenters. The molecule has 2 aliphatic carbocycles. The van der Waals surface area contributed by atoms with E-state index in [2.05, 4.69) is 49.3 Å². The van der Waals surface area contributed by atoms with Gasteiger partial charge in [0.2, 0.25) is 5.91 Å². The van der Waals surface area contributed by atoms with Gasteiger partial charge in [0, 0.05) is 19.0 Å². The maximum absolute atomic E-state index is 12.5. The summed E-state index contributed by atoms with van der Waals surface area (Å²) in [5.74, 6) is 2.17. The quantitative estimate of drug-likeness (QED) is 0.620. The Balaban J connectivity index is 1.56. The number of H-pyrrole nitrogens is 1. The summed E-state index contributed by atoms with van der Waals surface area (Å²) in [4.78, 5) is 12.5. The molecule has 6 heteroatoms. The van der Waals surface area contributed by atoms with Crippen molar-refractivity contribution < 1.29 is 4.79 Å². The average Bonchev–Trinajstić information content (AvgIpc) is 3.33. The van der Waals surface area contributed by atoms with Crippen molar-refractivity contribution in [3.63, 3.8) is 0 Å². The van der Waals surface area contributed by atoms with Crippen molar-refractivity contribution >= 4 is 18.1 Å². The van der Waals surface area contributed by atoms with Crippen molar-refractivity contribution in [2.75, 3.05) is 6.54 Å². The van der Waals surface area contributed by atoms with Gasteiger partial charge in [-0.1, -0.05) is 25.5 Å². The van der Waals surface area contributed by atoms with Gasteiger partial charge in [-0.2, -0.15) is 5.10 Å². The van der Waals surface area contributed by atoms with Crippen LogP contribution in [0.15, 0.2) is 11.6 Å². The van der Waals surface area contributed by atoms with Gasteiger partial charge < -0.3 is 9.88 Å². The number of nitrogens with one attached hydrogen (secondary N) is 2. The average molecular weight is 334 g/mol. The Hall–Kier alpha value is -1.43. The van der Waals surface area contributed by atoms with E-state index in [-0.39, 0.29) is 17.2 Å². The number of aromatic nitrogens is 3. The van der Waals surface area contributed by atoms with E-state index in [0.717, 1.165) is 5.82 Å². The van der Waals surface area contributed by atoms with Crippen LogP contribution in [-0.4, -0.2) is 27.2 Å². The molecule has 0 radical (unpaired) electrons. The van der Waals surface area contributed by atoms with Crippen LogP contribution in [0.25, 0.3) is 0 Å². The third-order valence-electron chi connectivity index (χ3n) is 5.07. The Kier molecular flexibility index (Phi) is 4.21. The zero-order chi connectivity index (χ0) is 16.8. The van der Waals surface area contributed by atoms with Crippen molar-refractivity contribution in [3.05, 3.63) is 22.2 Å². The second-order valence-electron chi connectivity index (χ2n) is 7.67. The number of hydrogen-bond acceptors (Lipinski definition) is 3. The Morgan fingerprint density at radius 2 is 2.17 bits per heavy atom. The highest BCUT2D eigenvalue weighted by Crippen LogP contribution is 2.59. The van der Waals surface area contributed by atoms with Crippen LogP contribution in [0.1, 0.15) is 52.3 Å². The van der Waals surface area contributed by atoms with E-state index in [4.69, 9.17) is 12.2 Å². The van der Waals surface area contributed by atoms with Crippen molar-refractivity contribution in [3.8, 4) is 0 Å². The van der Waals surface area contributed by atoms with Crippen LogP contribution in [0.2, 0.25) is 0 Å². The lowest BCUT2D eigenvalue weighted by Gasteiger charge is -2.08. The number of hydrogen-bond donors (Lipinski definition) is 2. The maximum Gasteiger partial charge on any atom is 0.224 e. The summed E-state index contributed by atoms with van der Waals surface area (Å²) in [7, 11) is 0. The Morgan fingerprint density at radius 3 is 2.78 bits per heavy atom. The number of rotatable bonds is 6. The Labute approximate surface area is 142 Å². The highest BCUT2D eigenvalue weighted by Gasteiger charge is 2.60. The van der Waals surface area contributed by atoms with E-state index in [1.165, 1.54) is 18.4 Å². The van der Waals surface area contributed by atoms with Crippen LogP contribution >= 0.6 is 12.2 Å². The minimum atomic E-state index is 0.0620. The van der Waals surface area contributed by atoms with E-state index >= 15 is 0 Å². The fourth-order valence-electron chi connectivity index (χ4n) is 3.45. The molecule has 2 aliphatic rings. The summed E-state index contributed by atoms with van der Waals surface area (Å²) in [6, 6.07) is 0. The first-order valence-corrected chi connectivity index (χ1v) is 8.81. The molecule has 3 rings (SSSR count). The molecule has 0 aliphatic heterocycles. The molecule has 2 fully saturated rings. The summed E-state index contributed by atoms with van der Waals surface area (Å²) in [6.07, 6.45) is 4.60. The van der Waals surface area contributed by atoms with Crippen LogP contribution in [0, 0.1) is 22.0 Å². The fourth-order valence-corrected chi connectivity index (χ4v) is 3.68. The number of carbonyl (C=O) groups excluding carboxylic acids is 1. The fraction of sp³-hybridized carbons (Fsp3) is 0.706. The van der Waals surface area contributed by atoms with Crippen molar-refractivity contribution in [2.24, 2.45) is 17.3 Å². The van der Waals surface area contributed by atoms with Gasteiger partial charge in [-0.25, -0.2) is 0 Å². The zero-order valence-corrected chi connectivity index (χ0v) is 15.2. The minimum Gasteiger partial charge on any atom is -0.354 e. The number of aromatic amines is 1. The molecule has 0 saturated heterocycles.